The van der Waals surface area contributed by atoms with Crippen LogP contribution >= 0.6 is 0 Å². The number of benzene rings is 2. The summed E-state index contributed by atoms with van der Waals surface area (Å²) < 4.78 is 4.99. The monoisotopic (exact) mass is 423 g/mol. The summed E-state index contributed by atoms with van der Waals surface area (Å²) in [5.41, 5.74) is 2.88. The van der Waals surface area contributed by atoms with Gasteiger partial charge < -0.3 is 15.4 Å². The highest BCUT2D eigenvalue weighted by Gasteiger charge is 2.49. The standard InChI is InChI=1S/C23H25N3O5/c1-14-10-15(2)20(16(3)11-14)24-18(27)13-31-19(28)12-26-21(29)23(4,25-22(26)30)17-8-6-5-7-9-17/h5-11H,12-13H2,1-4H3,(H,24,27)(H,25,30)/t23-/m1/s1. The summed E-state index contributed by atoms with van der Waals surface area (Å²) in [5.74, 6) is -1.92. The van der Waals surface area contributed by atoms with Gasteiger partial charge in [-0.25, -0.2) is 4.79 Å². The largest absolute Gasteiger partial charge is 0.454 e. The molecule has 1 saturated heterocycles. The van der Waals surface area contributed by atoms with Crippen molar-refractivity contribution >= 4 is 29.5 Å². The first-order chi connectivity index (χ1) is 14.6. The molecule has 2 aromatic rings. The topological polar surface area (TPSA) is 105 Å². The number of aryl methyl sites for hydroxylation is 3. The Morgan fingerprint density at radius 2 is 1.68 bits per heavy atom. The van der Waals surface area contributed by atoms with Crippen LogP contribution < -0.4 is 10.6 Å². The van der Waals surface area contributed by atoms with Gasteiger partial charge in [0, 0.05) is 5.69 Å². The van der Waals surface area contributed by atoms with Crippen LogP contribution in [0.3, 0.4) is 0 Å². The molecule has 8 heteroatoms. The van der Waals surface area contributed by atoms with E-state index in [-0.39, 0.29) is 0 Å². The average molecular weight is 423 g/mol. The number of esters is 1. The zero-order valence-electron chi connectivity index (χ0n) is 17.9. The van der Waals surface area contributed by atoms with E-state index in [1.165, 1.54) is 0 Å². The van der Waals surface area contributed by atoms with Gasteiger partial charge in [0.25, 0.3) is 11.8 Å². The SMILES string of the molecule is Cc1cc(C)c(NC(=O)COC(=O)CN2C(=O)N[C@](C)(c3ccccc3)C2=O)c(C)c1. The lowest BCUT2D eigenvalue weighted by atomic mass is 9.92. The van der Waals surface area contributed by atoms with Crippen molar-refractivity contribution < 1.29 is 23.9 Å². The number of ether oxygens (including phenoxy) is 1. The molecule has 1 aliphatic heterocycles. The number of carbonyl (C=O) groups is 4. The van der Waals surface area contributed by atoms with Gasteiger partial charge in [-0.2, -0.15) is 0 Å². The number of urea groups is 1. The van der Waals surface area contributed by atoms with Crippen molar-refractivity contribution in [3.8, 4) is 0 Å². The van der Waals surface area contributed by atoms with Gasteiger partial charge in [0.05, 0.1) is 0 Å². The molecule has 0 unspecified atom stereocenters. The van der Waals surface area contributed by atoms with Gasteiger partial charge in [-0.3, -0.25) is 19.3 Å². The molecule has 1 heterocycles. The number of nitrogens with zero attached hydrogens (tertiary/aromatic N) is 1. The number of hydrogen-bond acceptors (Lipinski definition) is 5. The Hall–Kier alpha value is -3.68. The summed E-state index contributed by atoms with van der Waals surface area (Å²) >= 11 is 0. The molecule has 1 fully saturated rings. The van der Waals surface area contributed by atoms with E-state index in [0.29, 0.717) is 11.3 Å². The van der Waals surface area contributed by atoms with Crippen LogP contribution in [-0.2, 0) is 24.7 Å². The first-order valence-corrected chi connectivity index (χ1v) is 9.85. The lowest BCUT2D eigenvalue weighted by Gasteiger charge is -2.21. The fourth-order valence-corrected chi connectivity index (χ4v) is 3.68. The number of nitrogens with one attached hydrogen (secondary N) is 2. The fraction of sp³-hybridized carbons (Fsp3) is 0.304. The Morgan fingerprint density at radius 3 is 2.29 bits per heavy atom. The minimum atomic E-state index is -1.27. The van der Waals surface area contributed by atoms with E-state index in [1.54, 1.807) is 37.3 Å². The highest BCUT2D eigenvalue weighted by atomic mass is 16.5. The van der Waals surface area contributed by atoms with Crippen molar-refractivity contribution in [3.05, 3.63) is 64.7 Å². The molecule has 1 atom stereocenters. The van der Waals surface area contributed by atoms with Crippen molar-refractivity contribution in [2.24, 2.45) is 0 Å². The number of hydrogen-bond donors (Lipinski definition) is 2. The van der Waals surface area contributed by atoms with E-state index in [4.69, 9.17) is 4.74 Å². The highest BCUT2D eigenvalue weighted by Crippen LogP contribution is 2.28. The lowest BCUT2D eigenvalue weighted by molar-refractivity contribution is -0.150. The van der Waals surface area contributed by atoms with E-state index in [1.807, 2.05) is 32.9 Å². The van der Waals surface area contributed by atoms with E-state index in [2.05, 4.69) is 10.6 Å². The Balaban J connectivity index is 1.58. The number of amides is 4. The second-order valence-corrected chi connectivity index (χ2v) is 7.80. The molecule has 2 N–H and O–H groups in total. The van der Waals surface area contributed by atoms with Crippen LogP contribution in [0.15, 0.2) is 42.5 Å². The number of carbonyl (C=O) groups excluding carboxylic acids is 4. The molecule has 1 aliphatic rings. The molecule has 3 rings (SSSR count). The molecular weight excluding hydrogens is 398 g/mol. The first-order valence-electron chi connectivity index (χ1n) is 9.85. The highest BCUT2D eigenvalue weighted by molar-refractivity contribution is 6.09. The van der Waals surface area contributed by atoms with Gasteiger partial charge in [-0.1, -0.05) is 48.0 Å². The van der Waals surface area contributed by atoms with Crippen LogP contribution in [0, 0.1) is 20.8 Å². The Kier molecular flexibility index (Phi) is 6.10. The van der Waals surface area contributed by atoms with Crippen LogP contribution in [-0.4, -0.2) is 41.9 Å². The summed E-state index contributed by atoms with van der Waals surface area (Å²) in [7, 11) is 0. The average Bonchev–Trinajstić information content (AvgIpc) is 2.94. The molecule has 162 valence electrons. The van der Waals surface area contributed by atoms with Crippen LogP contribution in [0.1, 0.15) is 29.2 Å². The molecule has 2 aromatic carbocycles. The second kappa shape index (κ2) is 8.59. The van der Waals surface area contributed by atoms with E-state index in [9.17, 15) is 19.2 Å². The van der Waals surface area contributed by atoms with Gasteiger partial charge in [0.15, 0.2) is 6.61 Å². The summed E-state index contributed by atoms with van der Waals surface area (Å²) in [6, 6.07) is 11.9. The van der Waals surface area contributed by atoms with Gasteiger partial charge in [0.1, 0.15) is 12.1 Å². The predicted octanol–water partition coefficient (Wildman–Crippen LogP) is 2.56. The van der Waals surface area contributed by atoms with E-state index >= 15 is 0 Å². The van der Waals surface area contributed by atoms with Crippen molar-refractivity contribution in [1.82, 2.24) is 10.2 Å². The normalized spacial score (nSPS) is 18.0. The van der Waals surface area contributed by atoms with Crippen LogP contribution in [0.25, 0.3) is 0 Å². The molecule has 0 bridgehead atoms. The van der Waals surface area contributed by atoms with Crippen molar-refractivity contribution in [2.75, 3.05) is 18.5 Å². The Morgan fingerprint density at radius 1 is 1.06 bits per heavy atom. The van der Waals surface area contributed by atoms with Gasteiger partial charge >= 0.3 is 12.0 Å². The summed E-state index contributed by atoms with van der Waals surface area (Å²) in [4.78, 5) is 50.3. The second-order valence-electron chi connectivity index (χ2n) is 7.80. The molecule has 31 heavy (non-hydrogen) atoms. The number of anilines is 1. The van der Waals surface area contributed by atoms with Gasteiger partial charge in [0.2, 0.25) is 0 Å². The van der Waals surface area contributed by atoms with Gasteiger partial charge in [-0.05, 0) is 44.4 Å². The van der Waals surface area contributed by atoms with E-state index < -0.39 is 42.5 Å². The zero-order chi connectivity index (χ0) is 22.8. The predicted molar refractivity (Wildman–Crippen MR) is 114 cm³/mol. The quantitative estimate of drug-likeness (QED) is 0.549. The van der Waals surface area contributed by atoms with Crippen LogP contribution in [0.5, 0.6) is 0 Å². The summed E-state index contributed by atoms with van der Waals surface area (Å²) in [6.45, 7) is 6.19. The molecule has 8 nitrogen and oxygen atoms in total. The molecule has 0 aromatic heterocycles. The lowest BCUT2D eigenvalue weighted by Crippen LogP contribution is -2.41. The minimum absolute atomic E-state index is 0.505. The third kappa shape index (κ3) is 4.58. The minimum Gasteiger partial charge on any atom is -0.454 e. The first kappa shape index (κ1) is 22.0. The van der Waals surface area contributed by atoms with Crippen molar-refractivity contribution in [1.29, 1.82) is 0 Å². The molecule has 4 amide bonds. The van der Waals surface area contributed by atoms with Crippen molar-refractivity contribution in [2.45, 2.75) is 33.2 Å². The fourth-order valence-electron chi connectivity index (χ4n) is 3.68. The van der Waals surface area contributed by atoms with Crippen LogP contribution in [0.2, 0.25) is 0 Å². The molecule has 0 saturated carbocycles. The molecule has 0 spiro atoms. The maximum absolute atomic E-state index is 12.8. The number of imide groups is 1. The summed E-state index contributed by atoms with van der Waals surface area (Å²) in [5, 5.41) is 5.35. The molecular formula is C23H25N3O5. The number of rotatable bonds is 6. The van der Waals surface area contributed by atoms with Crippen molar-refractivity contribution in [3.63, 3.8) is 0 Å². The Labute approximate surface area is 180 Å². The maximum Gasteiger partial charge on any atom is 0.326 e. The summed E-state index contributed by atoms with van der Waals surface area (Å²) in [6.07, 6.45) is 0. The van der Waals surface area contributed by atoms with Crippen LogP contribution in [0.4, 0.5) is 10.5 Å². The third-order valence-electron chi connectivity index (χ3n) is 5.22. The third-order valence-corrected chi connectivity index (χ3v) is 5.22. The zero-order valence-corrected chi connectivity index (χ0v) is 17.9. The molecule has 0 radical (unpaired) electrons. The van der Waals surface area contributed by atoms with Gasteiger partial charge in [-0.15, -0.1) is 0 Å². The van der Waals surface area contributed by atoms with E-state index in [0.717, 1.165) is 21.6 Å². The Bertz CT molecular complexity index is 1030. The maximum atomic E-state index is 12.8. The molecule has 0 aliphatic carbocycles. The smallest absolute Gasteiger partial charge is 0.326 e.